The Hall–Kier alpha value is -3.49. The van der Waals surface area contributed by atoms with Crippen molar-refractivity contribution in [1.82, 2.24) is 14.7 Å². The molecule has 0 aromatic carbocycles. The monoisotopic (exact) mass is 1100 g/mol. The lowest BCUT2D eigenvalue weighted by Gasteiger charge is -2.43. The van der Waals surface area contributed by atoms with E-state index in [-0.39, 0.29) is 73.9 Å². The molecule has 17 nitrogen and oxygen atoms in total. The highest BCUT2D eigenvalue weighted by Crippen LogP contribution is 2.38. The lowest BCUT2D eigenvalue weighted by molar-refractivity contribution is -0.266. The zero-order valence-corrected chi connectivity index (χ0v) is 49.2. The Kier molecular flexibility index (Phi) is 27.0. The molecule has 4 heterocycles. The third-order valence-corrected chi connectivity index (χ3v) is 17.3. The van der Waals surface area contributed by atoms with Gasteiger partial charge < -0.3 is 58.1 Å². The fourth-order valence-electron chi connectivity index (χ4n) is 12.1. The number of ketones is 3. The summed E-state index contributed by atoms with van der Waals surface area (Å²) in [7, 11) is 6.85. The van der Waals surface area contributed by atoms with Crippen molar-refractivity contribution in [3.8, 4) is 0 Å². The number of Topliss-reactive ketones (excluding diaryl/α,β-unsaturated/α-hetero) is 3. The Morgan fingerprint density at radius 3 is 2.24 bits per heavy atom. The summed E-state index contributed by atoms with van der Waals surface area (Å²) in [6, 6.07) is -1.14. The van der Waals surface area contributed by atoms with E-state index in [4.69, 9.17) is 33.2 Å². The second kappa shape index (κ2) is 32.2. The van der Waals surface area contributed by atoms with E-state index in [0.29, 0.717) is 57.3 Å². The van der Waals surface area contributed by atoms with Crippen molar-refractivity contribution in [3.05, 3.63) is 47.6 Å². The Morgan fingerprint density at radius 2 is 1.54 bits per heavy atom. The number of ether oxygens (including phenoxy) is 7. The van der Waals surface area contributed by atoms with Gasteiger partial charge in [0.05, 0.1) is 37.6 Å². The SMILES string of the molecule is COCCO[C@@H]1C[C@@H]2CC[C@@H](C)[C@@](O)(O2)C(=O)C(=O)N2CCCC[C@H]2C(=O)O[C@H](C(C)C[C@@H]2CC[C@@H](OCCCN3CCN(C)CC3)[C@H](OC)C2)CC(=O)[C@H](C)/C=C(\C)[C@@H](O)[C@@H](OC)C(=O)[C@H](C)C[C@H](C)/C=C/C=C/C=C/1C. The Balaban J connectivity index is 1.41. The number of hydrogen-bond donors (Lipinski definition) is 2. The van der Waals surface area contributed by atoms with Crippen LogP contribution in [0, 0.1) is 35.5 Å². The maximum atomic E-state index is 14.7. The number of rotatable bonds is 14. The molecule has 442 valence electrons. The number of fused-ring (bicyclic) bond motifs is 3. The van der Waals surface area contributed by atoms with Crippen LogP contribution >= 0.6 is 0 Å². The summed E-state index contributed by atoms with van der Waals surface area (Å²) in [5.41, 5.74) is 1.27. The first kappa shape index (κ1) is 65.3. The van der Waals surface area contributed by atoms with Crippen LogP contribution in [0.2, 0.25) is 0 Å². The molecule has 0 aromatic rings. The number of piperidine rings is 1. The number of carbonyl (C=O) groups excluding carboxylic acids is 5. The van der Waals surface area contributed by atoms with Crippen molar-refractivity contribution < 1.29 is 67.3 Å². The van der Waals surface area contributed by atoms with E-state index >= 15 is 0 Å². The number of hydrogen-bond acceptors (Lipinski definition) is 16. The van der Waals surface area contributed by atoms with E-state index in [1.54, 1.807) is 41.1 Å². The van der Waals surface area contributed by atoms with Crippen LogP contribution in [-0.2, 0) is 57.1 Å². The summed E-state index contributed by atoms with van der Waals surface area (Å²) >= 11 is 0. The van der Waals surface area contributed by atoms with Gasteiger partial charge in [-0.1, -0.05) is 71.1 Å². The number of amides is 1. The van der Waals surface area contributed by atoms with Gasteiger partial charge in [-0.3, -0.25) is 19.2 Å². The minimum Gasteiger partial charge on any atom is -0.460 e. The average Bonchev–Trinajstić information content (AvgIpc) is 3.46. The molecule has 5 aliphatic rings. The fourth-order valence-corrected chi connectivity index (χ4v) is 12.1. The van der Waals surface area contributed by atoms with E-state index in [1.807, 2.05) is 58.1 Å². The molecular formula is C61H99N3O14. The quantitative estimate of drug-likeness (QED) is 0.0791. The summed E-state index contributed by atoms with van der Waals surface area (Å²) in [5.74, 6) is -7.89. The number of piperazine rings is 1. The summed E-state index contributed by atoms with van der Waals surface area (Å²) in [6.45, 7) is 19.5. The highest BCUT2D eigenvalue weighted by Gasteiger charge is 2.53. The molecule has 78 heavy (non-hydrogen) atoms. The molecule has 0 spiro atoms. The van der Waals surface area contributed by atoms with Crippen molar-refractivity contribution in [2.45, 2.75) is 186 Å². The normalized spacial score (nSPS) is 37.4. The van der Waals surface area contributed by atoms with E-state index in [0.717, 1.165) is 64.0 Å². The van der Waals surface area contributed by atoms with Gasteiger partial charge in [-0.15, -0.1) is 0 Å². The summed E-state index contributed by atoms with van der Waals surface area (Å²) in [6.07, 6.45) is 13.4. The number of cyclic esters (lactones) is 1. The molecule has 1 saturated carbocycles. The number of aliphatic hydroxyl groups is 2. The molecule has 15 atom stereocenters. The standard InChI is InChI=1S/C61H99N3O14/c1-40-18-13-12-14-19-41(2)52(76-33-32-72-9)38-48-23-21-46(7)61(71,78-48)58(68)59(69)64-26-16-15-20-49(64)60(70)77-53(39-50(65)42(3)35-45(6)56(67)57(74-11)55(66)44(5)34-40)43(4)36-47-22-24-51(54(37-47)73-10)75-31-17-25-63-29-27-62(8)28-30-63/h12-14,18-19,35,40,42-44,46-49,51-54,56-57,67,71H,15-17,20-34,36-39H2,1-11H3/b14-12+,18-13+,41-19+,45-35+/t40-,42-,43?,44-,46-,47+,48+,49+,51-,52-,53+,54-,56-,57+,61-/m1/s1. The predicted molar refractivity (Wildman–Crippen MR) is 298 cm³/mol. The van der Waals surface area contributed by atoms with Crippen LogP contribution in [0.15, 0.2) is 47.6 Å². The lowest BCUT2D eigenvalue weighted by Crippen LogP contribution is -2.61. The van der Waals surface area contributed by atoms with Crippen LogP contribution in [0.1, 0.15) is 132 Å². The van der Waals surface area contributed by atoms with Gasteiger partial charge in [0.2, 0.25) is 5.79 Å². The molecule has 4 aliphatic heterocycles. The number of likely N-dealkylation sites (N-methyl/N-ethyl adjacent to an activating group) is 1. The summed E-state index contributed by atoms with van der Waals surface area (Å²) < 4.78 is 42.4. The first-order valence-corrected chi connectivity index (χ1v) is 29.3. The van der Waals surface area contributed by atoms with Gasteiger partial charge >= 0.3 is 5.97 Å². The number of nitrogens with zero attached hydrogens (tertiary/aromatic N) is 3. The number of esters is 1. The van der Waals surface area contributed by atoms with Crippen LogP contribution in [-0.4, -0.2) is 196 Å². The van der Waals surface area contributed by atoms with E-state index in [2.05, 4.69) is 16.8 Å². The molecule has 3 saturated heterocycles. The average molecular weight is 1100 g/mol. The van der Waals surface area contributed by atoms with Gasteiger partial charge in [0.1, 0.15) is 30.1 Å². The zero-order valence-electron chi connectivity index (χ0n) is 49.2. The van der Waals surface area contributed by atoms with Gasteiger partial charge in [-0.05, 0) is 120 Å². The smallest absolute Gasteiger partial charge is 0.329 e. The highest BCUT2D eigenvalue weighted by atomic mass is 16.6. The minimum absolute atomic E-state index is 0.00546. The van der Waals surface area contributed by atoms with Crippen molar-refractivity contribution in [2.75, 3.05) is 87.5 Å². The van der Waals surface area contributed by atoms with Gasteiger partial charge in [-0.25, -0.2) is 4.79 Å². The van der Waals surface area contributed by atoms with E-state index in [9.17, 15) is 34.2 Å². The van der Waals surface area contributed by atoms with E-state index < -0.39 is 77.8 Å². The number of allylic oxidation sites excluding steroid dienone is 6. The highest BCUT2D eigenvalue weighted by molar-refractivity contribution is 6.39. The molecule has 1 amide bonds. The maximum Gasteiger partial charge on any atom is 0.329 e. The first-order chi connectivity index (χ1) is 37.2. The van der Waals surface area contributed by atoms with Gasteiger partial charge in [0.25, 0.3) is 11.7 Å². The maximum absolute atomic E-state index is 14.7. The van der Waals surface area contributed by atoms with Crippen LogP contribution < -0.4 is 0 Å². The van der Waals surface area contributed by atoms with Crippen LogP contribution in [0.5, 0.6) is 0 Å². The number of methoxy groups -OCH3 is 3. The molecule has 2 bridgehead atoms. The number of carbonyl (C=O) groups is 5. The third kappa shape index (κ3) is 18.8. The Labute approximate surface area is 466 Å². The van der Waals surface area contributed by atoms with Gasteiger partial charge in [-0.2, -0.15) is 0 Å². The van der Waals surface area contributed by atoms with Crippen molar-refractivity contribution in [1.29, 1.82) is 0 Å². The zero-order chi connectivity index (χ0) is 57.1. The molecule has 0 radical (unpaired) electrons. The summed E-state index contributed by atoms with van der Waals surface area (Å²) in [4.78, 5) is 78.0. The molecule has 2 N–H and O–H groups in total. The van der Waals surface area contributed by atoms with E-state index in [1.165, 1.54) is 12.0 Å². The molecule has 1 unspecified atom stereocenters. The second-order valence-corrected chi connectivity index (χ2v) is 23.6. The third-order valence-electron chi connectivity index (χ3n) is 17.3. The van der Waals surface area contributed by atoms with Crippen molar-refractivity contribution >= 4 is 29.2 Å². The van der Waals surface area contributed by atoms with Crippen molar-refractivity contribution in [2.24, 2.45) is 35.5 Å². The molecule has 4 fully saturated rings. The molecule has 0 aromatic heterocycles. The molecular weight excluding hydrogens is 999 g/mol. The van der Waals surface area contributed by atoms with Gasteiger partial charge in [0, 0.05) is 97.8 Å². The topological polar surface area (TPSA) is 200 Å². The fraction of sp³-hybridized carbons (Fsp3) is 0.787. The number of aliphatic hydroxyl groups excluding tert-OH is 1. The van der Waals surface area contributed by atoms with Gasteiger partial charge in [0.15, 0.2) is 5.78 Å². The molecule has 17 heteroatoms. The predicted octanol–water partition coefficient (Wildman–Crippen LogP) is 6.86. The Bertz CT molecular complexity index is 2050. The first-order valence-electron chi connectivity index (χ1n) is 29.3. The second-order valence-electron chi connectivity index (χ2n) is 23.6. The summed E-state index contributed by atoms with van der Waals surface area (Å²) in [5, 5.41) is 23.8. The van der Waals surface area contributed by atoms with Crippen molar-refractivity contribution in [3.63, 3.8) is 0 Å². The Morgan fingerprint density at radius 1 is 0.795 bits per heavy atom. The van der Waals surface area contributed by atoms with Crippen LogP contribution in [0.3, 0.4) is 0 Å². The molecule has 5 rings (SSSR count). The largest absolute Gasteiger partial charge is 0.460 e. The minimum atomic E-state index is -2.46. The molecule has 1 aliphatic carbocycles. The van der Waals surface area contributed by atoms with Crippen LogP contribution in [0.4, 0.5) is 0 Å². The lowest BCUT2D eigenvalue weighted by atomic mass is 9.78. The van der Waals surface area contributed by atoms with Crippen LogP contribution in [0.25, 0.3) is 0 Å².